The Balaban J connectivity index is 1.24. The van der Waals surface area contributed by atoms with Crippen molar-refractivity contribution in [1.82, 2.24) is 25.1 Å². The number of carbonyl (C=O) groups excluding carboxylic acids is 1. The van der Waals surface area contributed by atoms with Crippen LogP contribution in [0.3, 0.4) is 0 Å². The van der Waals surface area contributed by atoms with Crippen LogP contribution in [0.25, 0.3) is 0 Å². The van der Waals surface area contributed by atoms with Gasteiger partial charge in [0.1, 0.15) is 11.9 Å². The van der Waals surface area contributed by atoms with Crippen LogP contribution in [0, 0.1) is 0 Å². The van der Waals surface area contributed by atoms with Crippen LogP contribution in [0.5, 0.6) is 0 Å². The van der Waals surface area contributed by atoms with Crippen LogP contribution in [0.4, 0.5) is 17.6 Å². The highest BCUT2D eigenvalue weighted by atomic mass is 16.5. The lowest BCUT2D eigenvalue weighted by Gasteiger charge is -2.28. The molecule has 9 heteroatoms. The summed E-state index contributed by atoms with van der Waals surface area (Å²) in [4.78, 5) is 27.4. The fourth-order valence-corrected chi connectivity index (χ4v) is 6.21. The van der Waals surface area contributed by atoms with Gasteiger partial charge in [0.05, 0.1) is 11.8 Å². The van der Waals surface area contributed by atoms with E-state index in [4.69, 9.17) is 14.7 Å². The first-order valence-electron chi connectivity index (χ1n) is 13.0. The minimum absolute atomic E-state index is 0.147. The van der Waals surface area contributed by atoms with E-state index in [1.54, 1.807) is 7.11 Å². The second-order valence-electron chi connectivity index (χ2n) is 10.2. The van der Waals surface area contributed by atoms with Crippen molar-refractivity contribution in [2.24, 2.45) is 0 Å². The monoisotopic (exact) mass is 465 g/mol. The second kappa shape index (κ2) is 9.17. The Labute approximate surface area is 200 Å². The zero-order valence-corrected chi connectivity index (χ0v) is 20.1. The summed E-state index contributed by atoms with van der Waals surface area (Å²) < 4.78 is 5.47. The maximum atomic E-state index is 13.4. The Morgan fingerprint density at radius 1 is 1.09 bits per heavy atom. The third-order valence-corrected chi connectivity index (χ3v) is 8.15. The molecule has 4 heterocycles. The third kappa shape index (κ3) is 4.04. The second-order valence-corrected chi connectivity index (χ2v) is 10.2. The quantitative estimate of drug-likeness (QED) is 0.675. The van der Waals surface area contributed by atoms with Crippen LogP contribution in [-0.2, 0) is 22.4 Å². The van der Waals surface area contributed by atoms with Gasteiger partial charge in [-0.25, -0.2) is 4.98 Å². The summed E-state index contributed by atoms with van der Waals surface area (Å²) in [5, 5.41) is 11.3. The van der Waals surface area contributed by atoms with Crippen molar-refractivity contribution >= 4 is 23.5 Å². The van der Waals surface area contributed by atoms with E-state index in [2.05, 4.69) is 26.5 Å². The normalized spacial score (nSPS) is 24.9. The molecule has 6 rings (SSSR count). The molecule has 2 atom stereocenters. The molecule has 0 radical (unpaired) electrons. The van der Waals surface area contributed by atoms with Crippen molar-refractivity contribution in [1.29, 1.82) is 0 Å². The van der Waals surface area contributed by atoms with E-state index in [1.807, 2.05) is 4.90 Å². The first-order chi connectivity index (χ1) is 16.7. The van der Waals surface area contributed by atoms with E-state index in [-0.39, 0.29) is 18.1 Å². The first-order valence-corrected chi connectivity index (χ1v) is 13.0. The largest absolute Gasteiger partial charge is 0.380 e. The Bertz CT molecular complexity index is 1050. The van der Waals surface area contributed by atoms with Crippen LogP contribution in [0.1, 0.15) is 74.2 Å². The molecule has 0 bridgehead atoms. The number of hydrogen-bond acceptors (Lipinski definition) is 7. The number of likely N-dealkylation sites (tertiary alicyclic amines) is 1. The van der Waals surface area contributed by atoms with E-state index in [1.165, 1.54) is 36.9 Å². The fourth-order valence-electron chi connectivity index (χ4n) is 6.21. The van der Waals surface area contributed by atoms with Gasteiger partial charge in [0.15, 0.2) is 5.82 Å². The number of aromatic amines is 1. The van der Waals surface area contributed by atoms with Crippen molar-refractivity contribution in [2.45, 2.75) is 82.3 Å². The van der Waals surface area contributed by atoms with Gasteiger partial charge < -0.3 is 19.9 Å². The fraction of sp³-hybridized carbons (Fsp3) is 0.680. The molecule has 2 aliphatic heterocycles. The number of nitrogens with one attached hydrogen (secondary N) is 2. The van der Waals surface area contributed by atoms with E-state index < -0.39 is 0 Å². The molecule has 2 N–H and O–H groups in total. The number of ether oxygens (including phenoxy) is 1. The minimum atomic E-state index is -0.192. The number of methoxy groups -OCH3 is 1. The molecule has 1 unspecified atom stereocenters. The number of aromatic nitrogens is 4. The molecule has 2 saturated heterocycles. The summed E-state index contributed by atoms with van der Waals surface area (Å²) in [7, 11) is 1.73. The summed E-state index contributed by atoms with van der Waals surface area (Å²) in [6.07, 6.45) is 11.0. The van der Waals surface area contributed by atoms with Gasteiger partial charge >= 0.3 is 0 Å². The van der Waals surface area contributed by atoms with Crippen molar-refractivity contribution in [3.63, 3.8) is 0 Å². The summed E-state index contributed by atoms with van der Waals surface area (Å²) in [6, 6.07) is 1.95. The molecule has 2 aromatic heterocycles. The van der Waals surface area contributed by atoms with Crippen molar-refractivity contribution in [3.05, 3.63) is 23.0 Å². The average molecular weight is 466 g/mol. The van der Waals surface area contributed by atoms with E-state index in [9.17, 15) is 4.79 Å². The minimum Gasteiger partial charge on any atom is -0.380 e. The highest BCUT2D eigenvalue weighted by Crippen LogP contribution is 2.36. The standard InChI is InChI=1S/C25H35N7O2/c1-34-17-11-13-31(15-17)24(33)21-10-5-12-32(21)25-26-19-9-4-8-18(19)23(28-25)27-22-14-20(29-30-22)16-6-2-3-7-16/h14,16-17,21H,2-13,15H2,1H3,(H2,26,27,28,29,30)/t17-,21?/m1/s1. The number of amides is 1. The molecule has 1 saturated carbocycles. The van der Waals surface area contributed by atoms with Gasteiger partial charge in [-0.3, -0.25) is 9.89 Å². The molecule has 1 amide bonds. The number of rotatable bonds is 6. The lowest BCUT2D eigenvalue weighted by Crippen LogP contribution is -2.46. The van der Waals surface area contributed by atoms with Crippen LogP contribution in [-0.4, -0.2) is 69.9 Å². The molecule has 2 aromatic rings. The SMILES string of the molecule is CO[C@@H]1CCN(C(=O)C2CCCN2c2nc3c(c(Nc4cc(C5CCCC5)[nH]n4)n2)CCC3)C1. The van der Waals surface area contributed by atoms with E-state index in [0.717, 1.165) is 68.9 Å². The third-order valence-electron chi connectivity index (χ3n) is 8.15. The molecule has 34 heavy (non-hydrogen) atoms. The summed E-state index contributed by atoms with van der Waals surface area (Å²) in [6.45, 7) is 2.26. The molecule has 0 aromatic carbocycles. The number of anilines is 3. The maximum Gasteiger partial charge on any atom is 0.245 e. The molecule has 0 spiro atoms. The van der Waals surface area contributed by atoms with Crippen molar-refractivity contribution < 1.29 is 9.53 Å². The zero-order chi connectivity index (χ0) is 23.1. The van der Waals surface area contributed by atoms with Gasteiger partial charge in [0, 0.05) is 50.0 Å². The zero-order valence-electron chi connectivity index (χ0n) is 20.1. The topological polar surface area (TPSA) is 99.3 Å². The molecule has 4 aliphatic rings. The molecular weight excluding hydrogens is 430 g/mol. The Hall–Kier alpha value is -2.68. The number of H-pyrrole nitrogens is 1. The van der Waals surface area contributed by atoms with Gasteiger partial charge in [-0.1, -0.05) is 12.8 Å². The Kier molecular flexibility index (Phi) is 5.89. The van der Waals surface area contributed by atoms with E-state index >= 15 is 0 Å². The molecule has 9 nitrogen and oxygen atoms in total. The van der Waals surface area contributed by atoms with Crippen molar-refractivity contribution in [2.75, 3.05) is 37.0 Å². The smallest absolute Gasteiger partial charge is 0.245 e. The molecule has 182 valence electrons. The number of aryl methyl sites for hydroxylation is 1. The van der Waals surface area contributed by atoms with Gasteiger partial charge in [-0.15, -0.1) is 0 Å². The van der Waals surface area contributed by atoms with Crippen molar-refractivity contribution in [3.8, 4) is 0 Å². The Morgan fingerprint density at radius 3 is 2.79 bits per heavy atom. The highest BCUT2D eigenvalue weighted by molar-refractivity contribution is 5.85. The average Bonchev–Trinajstić information content (AvgIpc) is 3.68. The number of fused-ring (bicyclic) bond motifs is 1. The van der Waals surface area contributed by atoms with Gasteiger partial charge in [-0.05, 0) is 51.4 Å². The number of nitrogens with zero attached hydrogens (tertiary/aromatic N) is 5. The van der Waals surface area contributed by atoms with Crippen LogP contribution in [0.2, 0.25) is 0 Å². The maximum absolute atomic E-state index is 13.4. The van der Waals surface area contributed by atoms with Gasteiger partial charge in [0.2, 0.25) is 11.9 Å². The predicted octanol–water partition coefficient (Wildman–Crippen LogP) is 3.31. The highest BCUT2D eigenvalue weighted by Gasteiger charge is 2.38. The predicted molar refractivity (Wildman–Crippen MR) is 129 cm³/mol. The summed E-state index contributed by atoms with van der Waals surface area (Å²) >= 11 is 0. The van der Waals surface area contributed by atoms with E-state index in [0.29, 0.717) is 18.4 Å². The summed E-state index contributed by atoms with van der Waals surface area (Å²) in [5.41, 5.74) is 3.52. The van der Waals surface area contributed by atoms with Gasteiger partial charge in [0.25, 0.3) is 0 Å². The molecular formula is C25H35N7O2. The lowest BCUT2D eigenvalue weighted by atomic mass is 10.0. The number of hydrogen-bond donors (Lipinski definition) is 2. The van der Waals surface area contributed by atoms with Gasteiger partial charge in [-0.2, -0.15) is 10.1 Å². The first kappa shape index (κ1) is 21.8. The lowest BCUT2D eigenvalue weighted by molar-refractivity contribution is -0.131. The Morgan fingerprint density at radius 2 is 1.97 bits per heavy atom. The summed E-state index contributed by atoms with van der Waals surface area (Å²) in [5.74, 6) is 3.12. The van der Waals surface area contributed by atoms with Crippen LogP contribution in [0.15, 0.2) is 6.07 Å². The number of carbonyl (C=O) groups is 1. The van der Waals surface area contributed by atoms with Crippen LogP contribution < -0.4 is 10.2 Å². The van der Waals surface area contributed by atoms with Crippen LogP contribution >= 0.6 is 0 Å². The molecule has 2 aliphatic carbocycles. The molecule has 3 fully saturated rings.